The van der Waals surface area contributed by atoms with Crippen LogP contribution < -0.4 is 5.32 Å². The van der Waals surface area contributed by atoms with E-state index in [4.69, 9.17) is 4.74 Å². The molecule has 2 aliphatic rings. The summed E-state index contributed by atoms with van der Waals surface area (Å²) in [5, 5.41) is 3.43. The fourth-order valence-corrected chi connectivity index (χ4v) is 3.05. The standard InChI is InChI=1S/C14H26FNO/c1-14(15,8-7-13-6-4-10-17-13)11-12-5-2-3-9-16-12/h12-13,16H,2-11H2,1H3. The molecule has 100 valence electrons. The van der Waals surface area contributed by atoms with Crippen molar-refractivity contribution in [2.75, 3.05) is 13.2 Å². The van der Waals surface area contributed by atoms with Gasteiger partial charge in [0, 0.05) is 12.6 Å². The summed E-state index contributed by atoms with van der Waals surface area (Å²) in [5.74, 6) is 0. The van der Waals surface area contributed by atoms with Gasteiger partial charge in [-0.15, -0.1) is 0 Å². The first-order chi connectivity index (χ1) is 8.16. The fourth-order valence-electron chi connectivity index (χ4n) is 3.05. The molecule has 2 nitrogen and oxygen atoms in total. The van der Waals surface area contributed by atoms with E-state index in [1.807, 2.05) is 0 Å². The van der Waals surface area contributed by atoms with E-state index in [2.05, 4.69) is 5.32 Å². The lowest BCUT2D eigenvalue weighted by Gasteiger charge is -2.30. The van der Waals surface area contributed by atoms with Gasteiger partial charge in [0.15, 0.2) is 0 Å². The van der Waals surface area contributed by atoms with Crippen molar-refractivity contribution in [2.24, 2.45) is 0 Å². The molecule has 0 aromatic carbocycles. The molecule has 0 radical (unpaired) electrons. The molecule has 0 aromatic rings. The van der Waals surface area contributed by atoms with Crippen LogP contribution in [0.25, 0.3) is 0 Å². The van der Waals surface area contributed by atoms with Crippen LogP contribution in [-0.4, -0.2) is 31.0 Å². The van der Waals surface area contributed by atoms with Gasteiger partial charge in [0.2, 0.25) is 0 Å². The van der Waals surface area contributed by atoms with E-state index in [0.717, 1.165) is 38.8 Å². The molecular weight excluding hydrogens is 217 g/mol. The Labute approximate surface area is 104 Å². The van der Waals surface area contributed by atoms with E-state index >= 15 is 0 Å². The lowest BCUT2D eigenvalue weighted by molar-refractivity contribution is 0.0698. The minimum absolute atomic E-state index is 0.324. The largest absolute Gasteiger partial charge is 0.378 e. The predicted octanol–water partition coefficient (Wildman–Crippen LogP) is 3.21. The maximum Gasteiger partial charge on any atom is 0.109 e. The zero-order valence-corrected chi connectivity index (χ0v) is 11.0. The van der Waals surface area contributed by atoms with Gasteiger partial charge in [0.05, 0.1) is 6.10 Å². The third-order valence-electron chi connectivity index (χ3n) is 4.10. The second-order valence-corrected chi connectivity index (χ2v) is 5.94. The second-order valence-electron chi connectivity index (χ2n) is 5.94. The molecule has 2 fully saturated rings. The molecule has 2 rings (SSSR count). The summed E-state index contributed by atoms with van der Waals surface area (Å²) < 4.78 is 20.0. The highest BCUT2D eigenvalue weighted by Crippen LogP contribution is 2.29. The number of nitrogens with one attached hydrogen (secondary N) is 1. The summed E-state index contributed by atoms with van der Waals surface area (Å²) in [6, 6.07) is 0.392. The van der Waals surface area contributed by atoms with Crippen LogP contribution in [0.3, 0.4) is 0 Å². The Morgan fingerprint density at radius 1 is 1.29 bits per heavy atom. The van der Waals surface area contributed by atoms with Gasteiger partial charge in [-0.1, -0.05) is 6.42 Å². The SMILES string of the molecule is CC(F)(CCC1CCCO1)CC1CCCCN1. The van der Waals surface area contributed by atoms with Gasteiger partial charge in [-0.25, -0.2) is 4.39 Å². The number of hydrogen-bond acceptors (Lipinski definition) is 2. The monoisotopic (exact) mass is 243 g/mol. The molecule has 0 amide bonds. The van der Waals surface area contributed by atoms with Crippen molar-refractivity contribution in [1.82, 2.24) is 5.32 Å². The predicted molar refractivity (Wildman–Crippen MR) is 68.0 cm³/mol. The average molecular weight is 243 g/mol. The summed E-state index contributed by atoms with van der Waals surface area (Å²) in [6.07, 6.45) is 8.43. The van der Waals surface area contributed by atoms with Gasteiger partial charge in [0.25, 0.3) is 0 Å². The van der Waals surface area contributed by atoms with Gasteiger partial charge in [-0.2, -0.15) is 0 Å². The van der Waals surface area contributed by atoms with E-state index < -0.39 is 5.67 Å². The second kappa shape index (κ2) is 6.14. The summed E-state index contributed by atoms with van der Waals surface area (Å²) in [6.45, 7) is 3.70. The third-order valence-corrected chi connectivity index (χ3v) is 4.10. The molecule has 3 atom stereocenters. The number of hydrogen-bond donors (Lipinski definition) is 1. The summed E-state index contributed by atoms with van der Waals surface area (Å²) in [5.41, 5.74) is -1.03. The maximum absolute atomic E-state index is 14.4. The first kappa shape index (κ1) is 13.3. The Kier molecular flexibility index (Phi) is 4.80. The Balaban J connectivity index is 1.68. The van der Waals surface area contributed by atoms with Crippen LogP contribution in [0, 0.1) is 0 Å². The first-order valence-corrected chi connectivity index (χ1v) is 7.20. The highest BCUT2D eigenvalue weighted by atomic mass is 19.1. The van der Waals surface area contributed by atoms with Gasteiger partial charge in [-0.05, 0) is 58.4 Å². The van der Waals surface area contributed by atoms with Crippen LogP contribution in [-0.2, 0) is 4.74 Å². The van der Waals surface area contributed by atoms with Crippen LogP contribution in [0.4, 0.5) is 4.39 Å². The van der Waals surface area contributed by atoms with E-state index in [0.29, 0.717) is 25.0 Å². The van der Waals surface area contributed by atoms with E-state index in [-0.39, 0.29) is 0 Å². The number of halogens is 1. The Morgan fingerprint density at radius 2 is 2.18 bits per heavy atom. The Hall–Kier alpha value is -0.150. The summed E-state index contributed by atoms with van der Waals surface area (Å²) in [4.78, 5) is 0. The number of piperidine rings is 1. The maximum atomic E-state index is 14.4. The third kappa shape index (κ3) is 4.55. The topological polar surface area (TPSA) is 21.3 Å². The number of alkyl halides is 1. The van der Waals surface area contributed by atoms with Crippen molar-refractivity contribution in [3.8, 4) is 0 Å². The smallest absolute Gasteiger partial charge is 0.109 e. The van der Waals surface area contributed by atoms with Gasteiger partial charge >= 0.3 is 0 Å². The zero-order valence-electron chi connectivity index (χ0n) is 11.0. The minimum atomic E-state index is -1.03. The first-order valence-electron chi connectivity index (χ1n) is 7.20. The van der Waals surface area contributed by atoms with E-state index in [1.165, 1.54) is 12.8 Å². The molecule has 0 bridgehead atoms. The van der Waals surface area contributed by atoms with E-state index in [9.17, 15) is 4.39 Å². The molecule has 2 saturated heterocycles. The van der Waals surface area contributed by atoms with Crippen LogP contribution in [0.15, 0.2) is 0 Å². The van der Waals surface area contributed by atoms with Crippen molar-refractivity contribution < 1.29 is 9.13 Å². The van der Waals surface area contributed by atoms with Crippen molar-refractivity contribution in [2.45, 2.75) is 76.1 Å². The molecule has 2 heterocycles. The lowest BCUT2D eigenvalue weighted by atomic mass is 9.89. The zero-order chi connectivity index (χ0) is 12.1. The van der Waals surface area contributed by atoms with Crippen molar-refractivity contribution in [1.29, 1.82) is 0 Å². The van der Waals surface area contributed by atoms with Crippen LogP contribution in [0.5, 0.6) is 0 Å². The molecule has 0 aliphatic carbocycles. The van der Waals surface area contributed by atoms with Crippen LogP contribution >= 0.6 is 0 Å². The molecule has 1 N–H and O–H groups in total. The highest BCUT2D eigenvalue weighted by Gasteiger charge is 2.30. The average Bonchev–Trinajstić information content (AvgIpc) is 2.80. The summed E-state index contributed by atoms with van der Waals surface area (Å²) in [7, 11) is 0. The molecule has 3 heteroatoms. The molecular formula is C14H26FNO. The van der Waals surface area contributed by atoms with Crippen molar-refractivity contribution >= 4 is 0 Å². The molecule has 0 saturated carbocycles. The lowest BCUT2D eigenvalue weighted by Crippen LogP contribution is -2.39. The van der Waals surface area contributed by atoms with Crippen molar-refractivity contribution in [3.05, 3.63) is 0 Å². The Morgan fingerprint density at radius 3 is 2.82 bits per heavy atom. The number of ether oxygens (including phenoxy) is 1. The van der Waals surface area contributed by atoms with Crippen molar-refractivity contribution in [3.63, 3.8) is 0 Å². The van der Waals surface area contributed by atoms with Gasteiger partial charge in [-0.3, -0.25) is 0 Å². The molecule has 0 spiro atoms. The quantitative estimate of drug-likeness (QED) is 0.800. The van der Waals surface area contributed by atoms with Crippen LogP contribution in [0.2, 0.25) is 0 Å². The van der Waals surface area contributed by atoms with Gasteiger partial charge < -0.3 is 10.1 Å². The molecule has 2 aliphatic heterocycles. The normalized spacial score (nSPS) is 33.5. The minimum Gasteiger partial charge on any atom is -0.378 e. The Bertz CT molecular complexity index is 220. The molecule has 3 unspecified atom stereocenters. The molecule has 0 aromatic heterocycles. The summed E-state index contributed by atoms with van der Waals surface area (Å²) >= 11 is 0. The highest BCUT2D eigenvalue weighted by molar-refractivity contribution is 4.84. The number of rotatable bonds is 5. The van der Waals surface area contributed by atoms with Gasteiger partial charge in [0.1, 0.15) is 5.67 Å². The molecule has 17 heavy (non-hydrogen) atoms. The van der Waals surface area contributed by atoms with E-state index in [1.54, 1.807) is 6.92 Å². The van der Waals surface area contributed by atoms with Crippen LogP contribution in [0.1, 0.15) is 58.3 Å². The fraction of sp³-hybridized carbons (Fsp3) is 1.00.